The number of oxazole rings is 1. The molecule has 0 aliphatic carbocycles. The zero-order valence-electron chi connectivity index (χ0n) is 15.7. The minimum atomic E-state index is -0.0613. The average molecular weight is 337 g/mol. The van der Waals surface area contributed by atoms with Crippen molar-refractivity contribution in [3.63, 3.8) is 0 Å². The zero-order valence-corrected chi connectivity index (χ0v) is 15.7. The van der Waals surface area contributed by atoms with Gasteiger partial charge in [0.1, 0.15) is 5.76 Å². The molecule has 1 aromatic heterocycles. The number of aromatic nitrogens is 1. The molecule has 7 nitrogen and oxygen atoms in total. The SMILES string of the molecule is CCC(C)NC(=O)CCNC(=NC)NCc1ncc(C(C)(C)C)o1. The highest BCUT2D eigenvalue weighted by molar-refractivity contribution is 5.81. The highest BCUT2D eigenvalue weighted by Gasteiger charge is 2.19. The van der Waals surface area contributed by atoms with E-state index in [0.29, 0.717) is 31.4 Å². The first kappa shape index (κ1) is 20.0. The van der Waals surface area contributed by atoms with Crippen LogP contribution in [0.15, 0.2) is 15.6 Å². The molecule has 24 heavy (non-hydrogen) atoms. The lowest BCUT2D eigenvalue weighted by Crippen LogP contribution is -2.40. The molecule has 1 amide bonds. The van der Waals surface area contributed by atoms with Gasteiger partial charge in [0.2, 0.25) is 11.8 Å². The third-order valence-electron chi connectivity index (χ3n) is 3.59. The number of amides is 1. The van der Waals surface area contributed by atoms with Gasteiger partial charge in [-0.15, -0.1) is 0 Å². The van der Waals surface area contributed by atoms with Crippen LogP contribution in [-0.2, 0) is 16.8 Å². The van der Waals surface area contributed by atoms with Crippen molar-refractivity contribution in [3.05, 3.63) is 17.8 Å². The highest BCUT2D eigenvalue weighted by Crippen LogP contribution is 2.22. The normalized spacial score (nSPS) is 13.5. The van der Waals surface area contributed by atoms with Gasteiger partial charge in [0.15, 0.2) is 5.96 Å². The number of nitrogens with zero attached hydrogens (tertiary/aromatic N) is 2. The molecule has 1 atom stereocenters. The largest absolute Gasteiger partial charge is 0.443 e. The molecule has 3 N–H and O–H groups in total. The molecule has 0 spiro atoms. The van der Waals surface area contributed by atoms with Crippen LogP contribution < -0.4 is 16.0 Å². The molecule has 0 saturated carbocycles. The minimum Gasteiger partial charge on any atom is -0.443 e. The average Bonchev–Trinajstić information content (AvgIpc) is 2.99. The standard InChI is InChI=1S/C17H31N5O2/c1-7-12(2)22-14(23)8-9-19-16(18-6)21-11-15-20-10-13(24-15)17(3,4)5/h10,12H,7-9,11H2,1-6H3,(H,22,23)(H2,18,19,21). The summed E-state index contributed by atoms with van der Waals surface area (Å²) < 4.78 is 5.72. The summed E-state index contributed by atoms with van der Waals surface area (Å²) in [6.45, 7) is 11.2. The summed E-state index contributed by atoms with van der Waals surface area (Å²) >= 11 is 0. The predicted molar refractivity (Wildman–Crippen MR) is 95.9 cm³/mol. The Hall–Kier alpha value is -2.05. The first-order valence-electron chi connectivity index (χ1n) is 8.45. The number of rotatable bonds is 7. The van der Waals surface area contributed by atoms with Crippen LogP contribution in [0, 0.1) is 0 Å². The number of hydrogen-bond acceptors (Lipinski definition) is 4. The monoisotopic (exact) mass is 337 g/mol. The molecule has 0 aromatic carbocycles. The predicted octanol–water partition coefficient (Wildman–Crippen LogP) is 1.94. The van der Waals surface area contributed by atoms with Crippen LogP contribution in [0.1, 0.15) is 59.1 Å². The number of aliphatic imine (C=N–C) groups is 1. The van der Waals surface area contributed by atoms with Crippen LogP contribution in [0.25, 0.3) is 0 Å². The molecule has 1 rings (SSSR count). The number of carbonyl (C=O) groups excluding carboxylic acids is 1. The van der Waals surface area contributed by atoms with Crippen molar-refractivity contribution in [2.24, 2.45) is 4.99 Å². The molecule has 0 aliphatic heterocycles. The quantitative estimate of drug-likeness (QED) is 0.522. The minimum absolute atomic E-state index is 0.0369. The lowest BCUT2D eigenvalue weighted by Gasteiger charge is -2.14. The summed E-state index contributed by atoms with van der Waals surface area (Å²) in [4.78, 5) is 20.1. The van der Waals surface area contributed by atoms with Crippen molar-refractivity contribution in [1.82, 2.24) is 20.9 Å². The third-order valence-corrected chi connectivity index (χ3v) is 3.59. The first-order valence-corrected chi connectivity index (χ1v) is 8.45. The molecular weight excluding hydrogens is 306 g/mol. The molecule has 136 valence electrons. The van der Waals surface area contributed by atoms with E-state index in [4.69, 9.17) is 4.42 Å². The molecule has 1 unspecified atom stereocenters. The number of nitrogens with one attached hydrogen (secondary N) is 3. The number of carbonyl (C=O) groups is 1. The second kappa shape index (κ2) is 9.30. The molecule has 7 heteroatoms. The van der Waals surface area contributed by atoms with Crippen molar-refractivity contribution >= 4 is 11.9 Å². The van der Waals surface area contributed by atoms with Gasteiger partial charge < -0.3 is 20.4 Å². The molecule has 0 bridgehead atoms. The molecule has 0 aliphatic rings. The van der Waals surface area contributed by atoms with Gasteiger partial charge >= 0.3 is 0 Å². The van der Waals surface area contributed by atoms with E-state index in [1.165, 1.54) is 0 Å². The maximum atomic E-state index is 11.7. The van der Waals surface area contributed by atoms with E-state index in [0.717, 1.165) is 12.2 Å². The van der Waals surface area contributed by atoms with Crippen LogP contribution in [0.5, 0.6) is 0 Å². The van der Waals surface area contributed by atoms with Gasteiger partial charge in [0.05, 0.1) is 12.7 Å². The molecule has 0 fully saturated rings. The van der Waals surface area contributed by atoms with Gasteiger partial charge in [-0.1, -0.05) is 27.7 Å². The Bertz CT molecular complexity index is 545. The third kappa shape index (κ3) is 7.02. The molecular formula is C17H31N5O2. The summed E-state index contributed by atoms with van der Waals surface area (Å²) in [7, 11) is 1.69. The van der Waals surface area contributed by atoms with Gasteiger partial charge in [-0.3, -0.25) is 9.79 Å². The van der Waals surface area contributed by atoms with Crippen molar-refractivity contribution in [3.8, 4) is 0 Å². The number of guanidine groups is 1. The maximum absolute atomic E-state index is 11.7. The highest BCUT2D eigenvalue weighted by atomic mass is 16.4. The Balaban J connectivity index is 2.35. The van der Waals surface area contributed by atoms with E-state index in [9.17, 15) is 4.79 Å². The maximum Gasteiger partial charge on any atom is 0.221 e. The summed E-state index contributed by atoms with van der Waals surface area (Å²) in [5.41, 5.74) is -0.0613. The molecule has 1 aromatic rings. The van der Waals surface area contributed by atoms with E-state index in [1.807, 2.05) is 13.8 Å². The van der Waals surface area contributed by atoms with Crippen LogP contribution in [0.3, 0.4) is 0 Å². The van der Waals surface area contributed by atoms with Crippen molar-refractivity contribution in [2.75, 3.05) is 13.6 Å². The van der Waals surface area contributed by atoms with Gasteiger partial charge in [-0.2, -0.15) is 0 Å². The fourth-order valence-corrected chi connectivity index (χ4v) is 1.86. The molecule has 0 saturated heterocycles. The Morgan fingerprint density at radius 1 is 1.38 bits per heavy atom. The summed E-state index contributed by atoms with van der Waals surface area (Å²) in [5.74, 6) is 2.11. The summed E-state index contributed by atoms with van der Waals surface area (Å²) in [6, 6.07) is 0.206. The van der Waals surface area contributed by atoms with Gasteiger partial charge in [0.25, 0.3) is 0 Å². The van der Waals surface area contributed by atoms with Crippen molar-refractivity contribution in [2.45, 2.75) is 65.5 Å². The van der Waals surface area contributed by atoms with Crippen LogP contribution in [0.4, 0.5) is 0 Å². The van der Waals surface area contributed by atoms with Gasteiger partial charge in [0, 0.05) is 31.5 Å². The lowest BCUT2D eigenvalue weighted by molar-refractivity contribution is -0.121. The van der Waals surface area contributed by atoms with Crippen LogP contribution in [-0.4, -0.2) is 36.5 Å². The van der Waals surface area contributed by atoms with E-state index in [-0.39, 0.29) is 17.4 Å². The topological polar surface area (TPSA) is 91.5 Å². The van der Waals surface area contributed by atoms with Crippen LogP contribution >= 0.6 is 0 Å². The zero-order chi connectivity index (χ0) is 18.2. The van der Waals surface area contributed by atoms with Gasteiger partial charge in [-0.25, -0.2) is 4.98 Å². The molecule has 0 radical (unpaired) electrons. The van der Waals surface area contributed by atoms with Crippen molar-refractivity contribution in [1.29, 1.82) is 0 Å². The second-order valence-electron chi connectivity index (χ2n) is 6.85. The van der Waals surface area contributed by atoms with E-state index < -0.39 is 0 Å². The smallest absolute Gasteiger partial charge is 0.221 e. The Morgan fingerprint density at radius 2 is 2.08 bits per heavy atom. The van der Waals surface area contributed by atoms with E-state index in [2.05, 4.69) is 46.7 Å². The Labute approximate surface area is 144 Å². The van der Waals surface area contributed by atoms with Gasteiger partial charge in [-0.05, 0) is 13.3 Å². The lowest BCUT2D eigenvalue weighted by atomic mass is 9.94. The summed E-state index contributed by atoms with van der Waals surface area (Å²) in [6.07, 6.45) is 3.08. The van der Waals surface area contributed by atoms with E-state index >= 15 is 0 Å². The fourth-order valence-electron chi connectivity index (χ4n) is 1.86. The number of hydrogen-bond donors (Lipinski definition) is 3. The van der Waals surface area contributed by atoms with Crippen molar-refractivity contribution < 1.29 is 9.21 Å². The first-order chi connectivity index (χ1) is 11.3. The Kier molecular flexibility index (Phi) is 7.74. The Morgan fingerprint density at radius 3 is 2.62 bits per heavy atom. The van der Waals surface area contributed by atoms with E-state index in [1.54, 1.807) is 13.2 Å². The van der Waals surface area contributed by atoms with Crippen LogP contribution in [0.2, 0.25) is 0 Å². The fraction of sp³-hybridized carbons (Fsp3) is 0.706. The second-order valence-corrected chi connectivity index (χ2v) is 6.85. The summed E-state index contributed by atoms with van der Waals surface area (Å²) in [5, 5.41) is 9.17. The molecule has 1 heterocycles.